The van der Waals surface area contributed by atoms with Crippen LogP contribution in [0.1, 0.15) is 57.9 Å². The average Bonchev–Trinajstić information content (AvgIpc) is 3.00. The van der Waals surface area contributed by atoms with Crippen LogP contribution in [0.25, 0.3) is 0 Å². The second-order valence-corrected chi connectivity index (χ2v) is 8.90. The summed E-state index contributed by atoms with van der Waals surface area (Å²) in [4.78, 5) is 19.3. The molecule has 0 aliphatic carbocycles. The first-order valence-electron chi connectivity index (χ1n) is 9.28. The molecule has 4 heterocycles. The van der Waals surface area contributed by atoms with Crippen molar-refractivity contribution in [2.24, 2.45) is 5.41 Å². The maximum atomic E-state index is 13.0. The number of fused-ring (bicyclic) bond motifs is 1. The highest BCUT2D eigenvalue weighted by Crippen LogP contribution is 2.56. The number of pyridine rings is 1. The van der Waals surface area contributed by atoms with Crippen LogP contribution in [-0.2, 0) is 9.53 Å². The fourth-order valence-electron chi connectivity index (χ4n) is 5.09. The Morgan fingerprint density at radius 3 is 2.56 bits per heavy atom. The van der Waals surface area contributed by atoms with Gasteiger partial charge in [0.05, 0.1) is 30.9 Å². The number of piperidine rings is 2. The molecule has 25 heavy (non-hydrogen) atoms. The Morgan fingerprint density at radius 2 is 1.96 bits per heavy atom. The van der Waals surface area contributed by atoms with E-state index in [1.165, 1.54) is 5.56 Å². The van der Waals surface area contributed by atoms with Gasteiger partial charge in [-0.3, -0.25) is 9.78 Å². The molecule has 1 aromatic heterocycles. The van der Waals surface area contributed by atoms with Crippen LogP contribution in [0.15, 0.2) is 18.5 Å². The zero-order chi connectivity index (χ0) is 17.8. The van der Waals surface area contributed by atoms with E-state index >= 15 is 0 Å². The standard InChI is InChI=1S/C20H28N2O3/c1-19(2,3)25-12-20-9-14-7-13(8-15(10-20)22(14)18(20)23)16-5-6-21-11-17(16)24-4/h5-6,11,13-15H,7-10,12H2,1-4H3/t13?,14-,15+,20?. The molecule has 0 radical (unpaired) electrons. The van der Waals surface area contributed by atoms with Crippen LogP contribution in [0.2, 0.25) is 0 Å². The minimum Gasteiger partial charge on any atom is -0.495 e. The summed E-state index contributed by atoms with van der Waals surface area (Å²) < 4.78 is 11.6. The van der Waals surface area contributed by atoms with Crippen molar-refractivity contribution in [2.45, 2.75) is 70.1 Å². The van der Waals surface area contributed by atoms with Gasteiger partial charge < -0.3 is 14.4 Å². The molecule has 2 unspecified atom stereocenters. The summed E-state index contributed by atoms with van der Waals surface area (Å²) in [6.45, 7) is 6.73. The van der Waals surface area contributed by atoms with E-state index in [1.54, 1.807) is 13.3 Å². The molecule has 3 saturated heterocycles. The largest absolute Gasteiger partial charge is 0.495 e. The summed E-state index contributed by atoms with van der Waals surface area (Å²) >= 11 is 0. The van der Waals surface area contributed by atoms with Gasteiger partial charge in [0.25, 0.3) is 0 Å². The molecule has 4 atom stereocenters. The Kier molecular flexibility index (Phi) is 3.83. The highest BCUT2D eigenvalue weighted by Gasteiger charge is 2.63. The number of rotatable bonds is 4. The minimum absolute atomic E-state index is 0.201. The Labute approximate surface area is 149 Å². The molecular formula is C20H28N2O3. The number of amides is 1. The predicted molar refractivity (Wildman–Crippen MR) is 94.6 cm³/mol. The van der Waals surface area contributed by atoms with Gasteiger partial charge in [0, 0.05) is 23.8 Å². The van der Waals surface area contributed by atoms with Gasteiger partial charge in [-0.2, -0.15) is 0 Å². The highest BCUT2D eigenvalue weighted by atomic mass is 16.5. The van der Waals surface area contributed by atoms with Crippen molar-refractivity contribution < 1.29 is 14.3 Å². The average molecular weight is 344 g/mol. The number of methoxy groups -OCH3 is 1. The molecule has 5 heteroatoms. The third-order valence-electron chi connectivity index (χ3n) is 6.10. The molecule has 0 saturated carbocycles. The van der Waals surface area contributed by atoms with Crippen molar-refractivity contribution in [3.8, 4) is 5.75 Å². The van der Waals surface area contributed by atoms with Crippen LogP contribution < -0.4 is 4.74 Å². The van der Waals surface area contributed by atoms with Gasteiger partial charge >= 0.3 is 0 Å². The van der Waals surface area contributed by atoms with Gasteiger partial charge in [-0.25, -0.2) is 0 Å². The predicted octanol–water partition coefficient (Wildman–Crippen LogP) is 3.14. The van der Waals surface area contributed by atoms with Gasteiger partial charge in [-0.15, -0.1) is 0 Å². The molecule has 5 nitrogen and oxygen atoms in total. The zero-order valence-electron chi connectivity index (χ0n) is 15.6. The molecule has 0 spiro atoms. The van der Waals surface area contributed by atoms with E-state index in [2.05, 4.69) is 36.7 Å². The van der Waals surface area contributed by atoms with Crippen LogP contribution in [0.4, 0.5) is 0 Å². The summed E-state index contributed by atoms with van der Waals surface area (Å²) in [5.41, 5.74) is 0.753. The summed E-state index contributed by atoms with van der Waals surface area (Å²) in [5, 5.41) is 0. The van der Waals surface area contributed by atoms with E-state index in [0.29, 0.717) is 30.5 Å². The molecule has 136 valence electrons. The molecule has 4 rings (SSSR count). The SMILES string of the molecule is COc1cnccc1C1C[C@@H]2CC3(COC(C)(C)C)C[C@H](C1)N2C3=O. The van der Waals surface area contributed by atoms with Gasteiger partial charge in [-0.1, -0.05) is 0 Å². The van der Waals surface area contributed by atoms with Crippen LogP contribution in [-0.4, -0.2) is 47.2 Å². The van der Waals surface area contributed by atoms with Gasteiger partial charge in [0.15, 0.2) is 0 Å². The van der Waals surface area contributed by atoms with Gasteiger partial charge in [-0.05, 0) is 58.4 Å². The topological polar surface area (TPSA) is 51.7 Å². The molecule has 0 N–H and O–H groups in total. The fourth-order valence-corrected chi connectivity index (χ4v) is 5.09. The Hall–Kier alpha value is -1.62. The van der Waals surface area contributed by atoms with E-state index in [-0.39, 0.29) is 11.0 Å². The van der Waals surface area contributed by atoms with Crippen LogP contribution >= 0.6 is 0 Å². The number of hydrogen-bond acceptors (Lipinski definition) is 4. The molecule has 3 aliphatic heterocycles. The first kappa shape index (κ1) is 16.8. The molecule has 0 aromatic carbocycles. The number of hydrogen-bond donors (Lipinski definition) is 0. The monoisotopic (exact) mass is 344 g/mol. The Bertz CT molecular complexity index is 666. The molecule has 3 fully saturated rings. The van der Waals surface area contributed by atoms with Gasteiger partial charge in [0.2, 0.25) is 5.91 Å². The maximum absolute atomic E-state index is 13.0. The van der Waals surface area contributed by atoms with Crippen molar-refractivity contribution in [2.75, 3.05) is 13.7 Å². The Balaban J connectivity index is 1.54. The van der Waals surface area contributed by atoms with Crippen LogP contribution in [0.3, 0.4) is 0 Å². The third kappa shape index (κ3) is 2.73. The van der Waals surface area contributed by atoms with E-state index in [0.717, 1.165) is 31.4 Å². The Morgan fingerprint density at radius 1 is 1.28 bits per heavy atom. The summed E-state index contributed by atoms with van der Waals surface area (Å²) in [7, 11) is 1.70. The van der Waals surface area contributed by atoms with E-state index < -0.39 is 0 Å². The third-order valence-corrected chi connectivity index (χ3v) is 6.10. The molecule has 2 bridgehead atoms. The van der Waals surface area contributed by atoms with Crippen molar-refractivity contribution in [3.63, 3.8) is 0 Å². The minimum atomic E-state index is -0.282. The second kappa shape index (κ2) is 5.70. The lowest BCUT2D eigenvalue weighted by Gasteiger charge is -2.43. The number of carbonyl (C=O) groups excluding carboxylic acids is 1. The normalized spacial score (nSPS) is 33.8. The highest BCUT2D eigenvalue weighted by molar-refractivity contribution is 5.88. The number of ether oxygens (including phenoxy) is 2. The first-order valence-corrected chi connectivity index (χ1v) is 9.28. The van der Waals surface area contributed by atoms with Crippen LogP contribution in [0, 0.1) is 5.41 Å². The molecule has 1 aromatic rings. The molecule has 3 aliphatic rings. The molecule has 1 amide bonds. The lowest BCUT2D eigenvalue weighted by Crippen LogP contribution is -2.46. The second-order valence-electron chi connectivity index (χ2n) is 8.90. The lowest BCUT2D eigenvalue weighted by molar-refractivity contribution is -0.137. The van der Waals surface area contributed by atoms with Crippen molar-refractivity contribution >= 4 is 5.91 Å². The number of carbonyl (C=O) groups is 1. The number of aromatic nitrogens is 1. The van der Waals surface area contributed by atoms with Gasteiger partial charge in [0.1, 0.15) is 5.75 Å². The van der Waals surface area contributed by atoms with Crippen LogP contribution in [0.5, 0.6) is 5.75 Å². The number of nitrogens with zero attached hydrogens (tertiary/aromatic N) is 2. The summed E-state index contributed by atoms with van der Waals surface area (Å²) in [6.07, 6.45) is 7.53. The van der Waals surface area contributed by atoms with E-state index in [1.807, 2.05) is 6.20 Å². The van der Waals surface area contributed by atoms with Crippen molar-refractivity contribution in [1.29, 1.82) is 0 Å². The molecular weight excluding hydrogens is 316 g/mol. The quantitative estimate of drug-likeness (QED) is 0.842. The van der Waals surface area contributed by atoms with E-state index in [4.69, 9.17) is 9.47 Å². The maximum Gasteiger partial charge on any atom is 0.231 e. The zero-order valence-corrected chi connectivity index (χ0v) is 15.6. The van der Waals surface area contributed by atoms with Crippen molar-refractivity contribution in [1.82, 2.24) is 9.88 Å². The smallest absolute Gasteiger partial charge is 0.231 e. The van der Waals surface area contributed by atoms with Crippen molar-refractivity contribution in [3.05, 3.63) is 24.0 Å². The summed E-state index contributed by atoms with van der Waals surface area (Å²) in [5.74, 6) is 1.63. The first-order chi connectivity index (χ1) is 11.8. The summed E-state index contributed by atoms with van der Waals surface area (Å²) in [6, 6.07) is 2.75. The lowest BCUT2D eigenvalue weighted by atomic mass is 9.71. The fraction of sp³-hybridized carbons (Fsp3) is 0.700. The van der Waals surface area contributed by atoms with E-state index in [9.17, 15) is 4.79 Å².